The zero-order chi connectivity index (χ0) is 18.1. The number of hydrogen-bond donors (Lipinski definition) is 0. The Morgan fingerprint density at radius 1 is 1.24 bits per heavy atom. The lowest BCUT2D eigenvalue weighted by Crippen LogP contribution is -2.25. The summed E-state index contributed by atoms with van der Waals surface area (Å²) in [4.78, 5) is 17.9. The molecule has 0 spiro atoms. The van der Waals surface area contributed by atoms with E-state index in [1.165, 1.54) is 12.1 Å². The van der Waals surface area contributed by atoms with E-state index < -0.39 is 5.82 Å². The van der Waals surface area contributed by atoms with Gasteiger partial charge in [0, 0.05) is 48.3 Å². The van der Waals surface area contributed by atoms with Crippen LogP contribution in [-0.4, -0.2) is 34.5 Å². The van der Waals surface area contributed by atoms with Gasteiger partial charge in [0.2, 0.25) is 5.91 Å². The fourth-order valence-corrected chi connectivity index (χ4v) is 3.25. The Balaban J connectivity index is 1.99. The molecular weight excluding hydrogens is 364 g/mol. The zero-order valence-corrected chi connectivity index (χ0v) is 15.3. The van der Waals surface area contributed by atoms with E-state index in [1.54, 1.807) is 25.2 Å². The molecule has 0 aliphatic carbocycles. The molecule has 0 saturated heterocycles. The highest BCUT2D eigenvalue weighted by Crippen LogP contribution is 2.30. The predicted octanol–water partition coefficient (Wildman–Crippen LogP) is 4.16. The van der Waals surface area contributed by atoms with Gasteiger partial charge >= 0.3 is 0 Å². The number of pyridine rings is 1. The van der Waals surface area contributed by atoms with Crippen LogP contribution >= 0.6 is 23.2 Å². The van der Waals surface area contributed by atoms with Crippen molar-refractivity contribution >= 4 is 40.0 Å². The Morgan fingerprint density at radius 3 is 2.56 bits per heavy atom. The lowest BCUT2D eigenvalue weighted by Gasteiger charge is -2.12. The highest BCUT2D eigenvalue weighted by atomic mass is 35.5. The van der Waals surface area contributed by atoms with Gasteiger partial charge in [-0.2, -0.15) is 0 Å². The summed E-state index contributed by atoms with van der Waals surface area (Å²) in [7, 11) is 3.44. The maximum absolute atomic E-state index is 13.4. The van der Waals surface area contributed by atoms with Crippen molar-refractivity contribution in [3.63, 3.8) is 0 Å². The Morgan fingerprint density at radius 2 is 1.92 bits per heavy atom. The van der Waals surface area contributed by atoms with Crippen LogP contribution in [0.3, 0.4) is 0 Å². The molecule has 25 heavy (non-hydrogen) atoms. The Kier molecular flexibility index (Phi) is 4.97. The predicted molar refractivity (Wildman–Crippen MR) is 97.7 cm³/mol. The molecule has 3 rings (SSSR count). The van der Waals surface area contributed by atoms with Crippen molar-refractivity contribution in [3.8, 4) is 0 Å². The van der Waals surface area contributed by atoms with Gasteiger partial charge in [-0.25, -0.2) is 4.39 Å². The summed E-state index contributed by atoms with van der Waals surface area (Å²) in [5, 5.41) is 1.45. The second-order valence-electron chi connectivity index (χ2n) is 5.95. The van der Waals surface area contributed by atoms with Gasteiger partial charge in [0.05, 0.1) is 11.2 Å². The number of likely N-dealkylation sites (N-methyl/N-ethyl adjacent to an activating group) is 1. The summed E-state index contributed by atoms with van der Waals surface area (Å²) >= 11 is 12.3. The molecule has 2 heterocycles. The summed E-state index contributed by atoms with van der Waals surface area (Å²) < 4.78 is 15.2. The van der Waals surface area contributed by atoms with Crippen molar-refractivity contribution in [1.82, 2.24) is 14.5 Å². The number of hydrogen-bond acceptors (Lipinski definition) is 2. The number of amides is 1. The molecule has 1 aromatic carbocycles. The van der Waals surface area contributed by atoms with E-state index in [0.29, 0.717) is 12.0 Å². The molecule has 0 unspecified atom stereocenters. The first-order valence-corrected chi connectivity index (χ1v) is 8.38. The van der Waals surface area contributed by atoms with Crippen molar-refractivity contribution in [2.45, 2.75) is 13.0 Å². The fourth-order valence-electron chi connectivity index (χ4n) is 2.66. The molecule has 2 aromatic heterocycles. The average molecular weight is 380 g/mol. The summed E-state index contributed by atoms with van der Waals surface area (Å²) in [6, 6.07) is 6.25. The number of aromatic nitrogens is 2. The highest BCUT2D eigenvalue weighted by Gasteiger charge is 2.14. The third kappa shape index (κ3) is 3.62. The zero-order valence-electron chi connectivity index (χ0n) is 13.8. The molecule has 0 fully saturated rings. The highest BCUT2D eigenvalue weighted by molar-refractivity contribution is 6.36. The van der Waals surface area contributed by atoms with Crippen LogP contribution in [0, 0.1) is 5.82 Å². The number of carbonyl (C=O) groups excluding carboxylic acids is 1. The van der Waals surface area contributed by atoms with E-state index in [2.05, 4.69) is 4.98 Å². The number of carbonyl (C=O) groups is 1. The monoisotopic (exact) mass is 379 g/mol. The molecular formula is C18H16Cl2FN3O. The smallest absolute Gasteiger partial charge is 0.241 e. The second-order valence-corrected chi connectivity index (χ2v) is 6.76. The van der Waals surface area contributed by atoms with Gasteiger partial charge in [-0.15, -0.1) is 0 Å². The first kappa shape index (κ1) is 17.7. The Hall–Kier alpha value is -2.11. The van der Waals surface area contributed by atoms with Crippen LogP contribution in [0.2, 0.25) is 10.0 Å². The van der Waals surface area contributed by atoms with Gasteiger partial charge in [0.1, 0.15) is 12.4 Å². The molecule has 0 aliphatic heterocycles. The van der Waals surface area contributed by atoms with Crippen LogP contribution in [0.5, 0.6) is 0 Å². The molecule has 7 heteroatoms. The molecule has 0 bridgehead atoms. The maximum atomic E-state index is 13.4. The van der Waals surface area contributed by atoms with Crippen molar-refractivity contribution in [1.29, 1.82) is 0 Å². The first-order valence-electron chi connectivity index (χ1n) is 7.63. The molecule has 0 N–H and O–H groups in total. The molecule has 0 atom stereocenters. The lowest BCUT2D eigenvalue weighted by atomic mass is 10.1. The van der Waals surface area contributed by atoms with Gasteiger partial charge in [0.25, 0.3) is 0 Å². The normalized spacial score (nSPS) is 11.1. The van der Waals surface area contributed by atoms with E-state index in [1.807, 2.05) is 22.9 Å². The minimum atomic E-state index is -0.474. The summed E-state index contributed by atoms with van der Waals surface area (Å²) in [6.07, 6.45) is 3.91. The number of rotatable bonds is 4. The SMILES string of the molecule is CN(C)C(=O)Cn1ccc2c(Cc3c(Cl)cc(F)cc3Cl)nccc21. The third-order valence-corrected chi connectivity index (χ3v) is 4.71. The largest absolute Gasteiger partial charge is 0.347 e. The second kappa shape index (κ2) is 7.02. The van der Waals surface area contributed by atoms with Gasteiger partial charge in [-0.05, 0) is 29.8 Å². The van der Waals surface area contributed by atoms with Crippen LogP contribution < -0.4 is 0 Å². The van der Waals surface area contributed by atoms with E-state index >= 15 is 0 Å². The molecule has 4 nitrogen and oxygen atoms in total. The van der Waals surface area contributed by atoms with Crippen LogP contribution in [-0.2, 0) is 17.8 Å². The van der Waals surface area contributed by atoms with Gasteiger partial charge in [0.15, 0.2) is 0 Å². The Bertz CT molecular complexity index is 930. The third-order valence-electron chi connectivity index (χ3n) is 4.03. The number of halogens is 3. The van der Waals surface area contributed by atoms with Crippen molar-refractivity contribution in [2.24, 2.45) is 0 Å². The van der Waals surface area contributed by atoms with Crippen molar-refractivity contribution < 1.29 is 9.18 Å². The molecule has 0 aliphatic rings. The van der Waals surface area contributed by atoms with E-state index in [-0.39, 0.29) is 22.5 Å². The van der Waals surface area contributed by atoms with Gasteiger partial charge < -0.3 is 9.47 Å². The average Bonchev–Trinajstić information content (AvgIpc) is 2.94. The molecule has 1 amide bonds. The van der Waals surface area contributed by atoms with Crippen LogP contribution in [0.1, 0.15) is 11.3 Å². The van der Waals surface area contributed by atoms with Gasteiger partial charge in [-0.1, -0.05) is 23.2 Å². The Labute approximate surface area is 154 Å². The van der Waals surface area contributed by atoms with E-state index in [9.17, 15) is 9.18 Å². The maximum Gasteiger partial charge on any atom is 0.241 e. The quantitative estimate of drug-likeness (QED) is 0.682. The summed E-state index contributed by atoms with van der Waals surface area (Å²) in [5.41, 5.74) is 2.29. The van der Waals surface area contributed by atoms with Gasteiger partial charge in [-0.3, -0.25) is 9.78 Å². The molecule has 0 saturated carbocycles. The van der Waals surface area contributed by atoms with E-state index in [0.717, 1.165) is 16.6 Å². The van der Waals surface area contributed by atoms with Crippen molar-refractivity contribution in [3.05, 3.63) is 63.8 Å². The molecule has 0 radical (unpaired) electrons. The topological polar surface area (TPSA) is 38.1 Å². The minimum Gasteiger partial charge on any atom is -0.347 e. The number of fused-ring (bicyclic) bond motifs is 1. The van der Waals surface area contributed by atoms with Crippen LogP contribution in [0.15, 0.2) is 36.7 Å². The first-order chi connectivity index (χ1) is 11.9. The van der Waals surface area contributed by atoms with Crippen molar-refractivity contribution in [2.75, 3.05) is 14.1 Å². The molecule has 130 valence electrons. The van der Waals surface area contributed by atoms with Crippen LogP contribution in [0.25, 0.3) is 10.9 Å². The fraction of sp³-hybridized carbons (Fsp3) is 0.222. The van der Waals surface area contributed by atoms with E-state index in [4.69, 9.17) is 23.2 Å². The summed E-state index contributed by atoms with van der Waals surface area (Å²) in [6.45, 7) is 0.248. The number of benzene rings is 1. The molecule has 3 aromatic rings. The summed E-state index contributed by atoms with van der Waals surface area (Å²) in [5.74, 6) is -0.473. The lowest BCUT2D eigenvalue weighted by molar-refractivity contribution is -0.129. The standard InChI is InChI=1S/C18H16Cl2FN3O/c1-23(2)18(25)10-24-6-4-12-16(22-5-3-17(12)24)9-13-14(19)7-11(21)8-15(13)20/h3-8H,9-10H2,1-2H3. The minimum absolute atomic E-state index is 0.000450. The van der Waals surface area contributed by atoms with Crippen LogP contribution in [0.4, 0.5) is 4.39 Å². The number of nitrogens with zero attached hydrogens (tertiary/aromatic N) is 3.